The molecule has 20 heavy (non-hydrogen) atoms. The van der Waals surface area contributed by atoms with Gasteiger partial charge in [0.1, 0.15) is 11.3 Å². The van der Waals surface area contributed by atoms with Gasteiger partial charge in [0.05, 0.1) is 13.4 Å². The minimum atomic E-state index is -0.0262. The van der Waals surface area contributed by atoms with Crippen molar-refractivity contribution in [3.8, 4) is 5.75 Å². The number of carbonyl (C=O) groups is 1. The number of allylic oxidation sites excluding steroid dienone is 1. The van der Waals surface area contributed by atoms with Crippen molar-refractivity contribution in [1.29, 1.82) is 0 Å². The van der Waals surface area contributed by atoms with Crippen LogP contribution >= 0.6 is 0 Å². The van der Waals surface area contributed by atoms with Gasteiger partial charge in [-0.15, -0.1) is 6.58 Å². The molecule has 0 spiro atoms. The summed E-state index contributed by atoms with van der Waals surface area (Å²) in [7, 11) is 1.66. The standard InChI is InChI=1S/C16H19NO3/c1-4-5-13-14(19-3)6-7-15-16(13)12(10-20-15)8-9-17-11(2)18/h4,6-7,10H,1,5,8-9H2,2-3H3,(H,17,18). The summed E-state index contributed by atoms with van der Waals surface area (Å²) in [4.78, 5) is 10.9. The molecule has 0 saturated carbocycles. The van der Waals surface area contributed by atoms with E-state index in [1.54, 1.807) is 13.4 Å². The Morgan fingerprint density at radius 3 is 2.95 bits per heavy atom. The smallest absolute Gasteiger partial charge is 0.216 e. The summed E-state index contributed by atoms with van der Waals surface area (Å²) in [5.74, 6) is 0.807. The number of ether oxygens (including phenoxy) is 1. The monoisotopic (exact) mass is 273 g/mol. The van der Waals surface area contributed by atoms with Gasteiger partial charge in [0, 0.05) is 30.0 Å². The molecule has 0 atom stereocenters. The van der Waals surface area contributed by atoms with Crippen molar-refractivity contribution >= 4 is 16.9 Å². The lowest BCUT2D eigenvalue weighted by Gasteiger charge is -2.09. The predicted molar refractivity (Wildman–Crippen MR) is 79.1 cm³/mol. The second kappa shape index (κ2) is 6.28. The Kier molecular flexibility index (Phi) is 4.45. The SMILES string of the molecule is C=CCc1c(OC)ccc2occ(CCNC(C)=O)c12. The fraction of sp³-hybridized carbons (Fsp3) is 0.312. The molecular weight excluding hydrogens is 254 g/mol. The second-order valence-corrected chi connectivity index (χ2v) is 4.61. The van der Waals surface area contributed by atoms with Crippen LogP contribution in [0.25, 0.3) is 11.0 Å². The molecule has 0 unspecified atom stereocenters. The molecule has 0 saturated heterocycles. The van der Waals surface area contributed by atoms with Crippen LogP contribution in [0.5, 0.6) is 5.75 Å². The number of nitrogens with one attached hydrogen (secondary N) is 1. The molecule has 0 radical (unpaired) electrons. The molecule has 1 amide bonds. The highest BCUT2D eigenvalue weighted by molar-refractivity contribution is 5.87. The highest BCUT2D eigenvalue weighted by atomic mass is 16.5. The maximum atomic E-state index is 10.9. The van der Waals surface area contributed by atoms with E-state index in [1.807, 2.05) is 18.2 Å². The van der Waals surface area contributed by atoms with Gasteiger partial charge < -0.3 is 14.5 Å². The number of carbonyl (C=O) groups excluding carboxylic acids is 1. The van der Waals surface area contributed by atoms with E-state index in [4.69, 9.17) is 9.15 Å². The topological polar surface area (TPSA) is 51.5 Å². The third-order valence-electron chi connectivity index (χ3n) is 3.22. The van der Waals surface area contributed by atoms with Crippen LogP contribution in [0.4, 0.5) is 0 Å². The van der Waals surface area contributed by atoms with Crippen LogP contribution in [-0.4, -0.2) is 19.6 Å². The van der Waals surface area contributed by atoms with E-state index >= 15 is 0 Å². The average Bonchev–Trinajstić information content (AvgIpc) is 2.83. The molecule has 0 aliphatic heterocycles. The Morgan fingerprint density at radius 2 is 2.30 bits per heavy atom. The van der Waals surface area contributed by atoms with Crippen LogP contribution < -0.4 is 10.1 Å². The van der Waals surface area contributed by atoms with Gasteiger partial charge in [-0.25, -0.2) is 0 Å². The molecule has 2 rings (SSSR count). The highest BCUT2D eigenvalue weighted by Crippen LogP contribution is 2.32. The molecule has 1 aromatic carbocycles. The lowest BCUT2D eigenvalue weighted by molar-refractivity contribution is -0.118. The molecule has 1 heterocycles. The van der Waals surface area contributed by atoms with Crippen LogP contribution in [0.15, 0.2) is 35.5 Å². The first-order chi connectivity index (χ1) is 9.67. The van der Waals surface area contributed by atoms with Crippen molar-refractivity contribution in [2.45, 2.75) is 19.8 Å². The maximum absolute atomic E-state index is 10.9. The molecule has 0 aliphatic carbocycles. The Morgan fingerprint density at radius 1 is 1.50 bits per heavy atom. The predicted octanol–water partition coefficient (Wildman–Crippen LogP) is 2.85. The molecule has 0 aliphatic rings. The van der Waals surface area contributed by atoms with Crippen LogP contribution in [-0.2, 0) is 17.6 Å². The number of rotatable bonds is 6. The number of methoxy groups -OCH3 is 1. The van der Waals surface area contributed by atoms with Gasteiger partial charge in [-0.05, 0) is 25.0 Å². The Balaban J connectivity index is 2.39. The van der Waals surface area contributed by atoms with Crippen LogP contribution in [0, 0.1) is 0 Å². The highest BCUT2D eigenvalue weighted by Gasteiger charge is 2.14. The minimum absolute atomic E-state index is 0.0262. The van der Waals surface area contributed by atoms with Crippen molar-refractivity contribution in [2.24, 2.45) is 0 Å². The summed E-state index contributed by atoms with van der Waals surface area (Å²) in [6, 6.07) is 3.81. The van der Waals surface area contributed by atoms with E-state index in [1.165, 1.54) is 6.92 Å². The Bertz CT molecular complexity index is 628. The van der Waals surface area contributed by atoms with E-state index in [2.05, 4.69) is 11.9 Å². The number of amides is 1. The third-order valence-corrected chi connectivity index (χ3v) is 3.22. The van der Waals surface area contributed by atoms with Gasteiger partial charge in [-0.2, -0.15) is 0 Å². The van der Waals surface area contributed by atoms with Gasteiger partial charge >= 0.3 is 0 Å². The average molecular weight is 273 g/mol. The third kappa shape index (κ3) is 2.85. The van der Waals surface area contributed by atoms with Crippen molar-refractivity contribution in [3.63, 3.8) is 0 Å². The number of fused-ring (bicyclic) bond motifs is 1. The molecular formula is C16H19NO3. The zero-order valence-corrected chi connectivity index (χ0v) is 11.9. The molecule has 106 valence electrons. The Labute approximate surface area is 118 Å². The van der Waals surface area contributed by atoms with Crippen molar-refractivity contribution < 1.29 is 13.9 Å². The number of hydrogen-bond acceptors (Lipinski definition) is 3. The first-order valence-electron chi connectivity index (χ1n) is 6.58. The Hall–Kier alpha value is -2.23. The zero-order valence-electron chi connectivity index (χ0n) is 11.9. The zero-order chi connectivity index (χ0) is 14.5. The van der Waals surface area contributed by atoms with Gasteiger partial charge in [-0.1, -0.05) is 6.08 Å². The number of furan rings is 1. The van der Waals surface area contributed by atoms with Gasteiger partial charge in [0.2, 0.25) is 5.91 Å². The first kappa shape index (κ1) is 14.2. The lowest BCUT2D eigenvalue weighted by Crippen LogP contribution is -2.22. The summed E-state index contributed by atoms with van der Waals surface area (Å²) in [6.45, 7) is 5.90. The van der Waals surface area contributed by atoms with Crippen LogP contribution in [0.1, 0.15) is 18.1 Å². The molecule has 4 heteroatoms. The van der Waals surface area contributed by atoms with Gasteiger partial charge in [0.15, 0.2) is 0 Å². The summed E-state index contributed by atoms with van der Waals surface area (Å²) >= 11 is 0. The summed E-state index contributed by atoms with van der Waals surface area (Å²) in [5.41, 5.74) is 2.98. The molecule has 0 fully saturated rings. The minimum Gasteiger partial charge on any atom is -0.496 e. The fourth-order valence-corrected chi connectivity index (χ4v) is 2.35. The van der Waals surface area contributed by atoms with Gasteiger partial charge in [0.25, 0.3) is 0 Å². The summed E-state index contributed by atoms with van der Waals surface area (Å²) in [5, 5.41) is 3.86. The van der Waals surface area contributed by atoms with Crippen LogP contribution in [0.2, 0.25) is 0 Å². The van der Waals surface area contributed by atoms with Crippen molar-refractivity contribution in [1.82, 2.24) is 5.32 Å². The normalized spacial score (nSPS) is 10.5. The maximum Gasteiger partial charge on any atom is 0.216 e. The van der Waals surface area contributed by atoms with E-state index in [-0.39, 0.29) is 5.91 Å². The van der Waals surface area contributed by atoms with E-state index in [0.717, 1.165) is 34.3 Å². The lowest BCUT2D eigenvalue weighted by atomic mass is 10.0. The summed E-state index contributed by atoms with van der Waals surface area (Å²) < 4.78 is 11.0. The number of benzene rings is 1. The fourth-order valence-electron chi connectivity index (χ4n) is 2.35. The van der Waals surface area contributed by atoms with E-state index < -0.39 is 0 Å². The quantitative estimate of drug-likeness (QED) is 0.823. The first-order valence-corrected chi connectivity index (χ1v) is 6.58. The molecule has 4 nitrogen and oxygen atoms in total. The molecule has 0 bridgehead atoms. The van der Waals surface area contributed by atoms with Crippen molar-refractivity contribution in [3.05, 3.63) is 42.2 Å². The second-order valence-electron chi connectivity index (χ2n) is 4.61. The molecule has 2 aromatic rings. The molecule has 1 N–H and O–H groups in total. The largest absolute Gasteiger partial charge is 0.496 e. The number of hydrogen-bond donors (Lipinski definition) is 1. The molecule has 1 aromatic heterocycles. The van der Waals surface area contributed by atoms with Crippen molar-refractivity contribution in [2.75, 3.05) is 13.7 Å². The van der Waals surface area contributed by atoms with Gasteiger partial charge in [-0.3, -0.25) is 4.79 Å². The summed E-state index contributed by atoms with van der Waals surface area (Å²) in [6.07, 6.45) is 5.04. The van der Waals surface area contributed by atoms with Crippen LogP contribution in [0.3, 0.4) is 0 Å². The van der Waals surface area contributed by atoms with E-state index in [9.17, 15) is 4.79 Å². The van der Waals surface area contributed by atoms with E-state index in [0.29, 0.717) is 13.0 Å².